The molecule has 0 aromatic rings. The largest absolute Gasteiger partial charge is 0.295 e. The monoisotopic (exact) mass is 407 g/mol. The molecule has 0 N–H and O–H groups in total. The Hall–Kier alpha value is -1.69. The predicted octanol–water partition coefficient (Wildman–Crippen LogP) is 6.20. The first kappa shape index (κ1) is 21.5. The van der Waals surface area contributed by atoms with E-state index in [1.54, 1.807) is 0 Å². The zero-order valence-corrected chi connectivity index (χ0v) is 19.6. The highest BCUT2D eigenvalue weighted by molar-refractivity contribution is 6.04. The van der Waals surface area contributed by atoms with Crippen molar-refractivity contribution in [3.63, 3.8) is 0 Å². The van der Waals surface area contributed by atoms with Gasteiger partial charge in [0.1, 0.15) is 6.07 Å². The van der Waals surface area contributed by atoms with E-state index in [1.807, 2.05) is 26.0 Å². The van der Waals surface area contributed by atoms with Crippen LogP contribution in [0.4, 0.5) is 0 Å². The molecule has 0 amide bonds. The molecule has 3 nitrogen and oxygen atoms in total. The van der Waals surface area contributed by atoms with Crippen LogP contribution in [0.2, 0.25) is 0 Å². The molecule has 4 aliphatic carbocycles. The molecule has 0 radical (unpaired) electrons. The van der Waals surface area contributed by atoms with Crippen molar-refractivity contribution in [2.24, 2.45) is 39.4 Å². The standard InChI is InChI=1S/C27H37NO2/c1-7-9-17-10-8-12-27(6)22(17)19(29)14-21-25(4)15-18(16-28)23(30)24(2,3)20(25)11-13-26(21,27)5/h14-15,17,20,22H,7-13H2,1-6H3/t17-,20+,22+,25+,26-,27-/m1/s1. The van der Waals surface area contributed by atoms with Gasteiger partial charge in [-0.05, 0) is 60.8 Å². The molecule has 3 heteroatoms. The third-order valence-electron chi connectivity index (χ3n) is 10.0. The molecule has 4 aliphatic rings. The summed E-state index contributed by atoms with van der Waals surface area (Å²) in [5.74, 6) is 0.973. The first-order chi connectivity index (χ1) is 14.0. The molecule has 4 rings (SSSR count). The van der Waals surface area contributed by atoms with Crippen LogP contribution in [0, 0.1) is 50.7 Å². The summed E-state index contributed by atoms with van der Waals surface area (Å²) >= 11 is 0. The summed E-state index contributed by atoms with van der Waals surface area (Å²) in [7, 11) is 0. The van der Waals surface area contributed by atoms with Crippen molar-refractivity contribution < 1.29 is 9.59 Å². The predicted molar refractivity (Wildman–Crippen MR) is 118 cm³/mol. The van der Waals surface area contributed by atoms with Gasteiger partial charge in [0.15, 0.2) is 11.6 Å². The maximum atomic E-state index is 13.7. The number of fused-ring (bicyclic) bond motifs is 5. The van der Waals surface area contributed by atoms with E-state index in [2.05, 4.69) is 33.8 Å². The zero-order valence-electron chi connectivity index (χ0n) is 19.6. The average Bonchev–Trinajstić information content (AvgIpc) is 2.67. The molecule has 0 saturated heterocycles. The molecule has 0 heterocycles. The summed E-state index contributed by atoms with van der Waals surface area (Å²) in [6.07, 6.45) is 11.6. The minimum Gasteiger partial charge on any atom is -0.295 e. The van der Waals surface area contributed by atoms with Crippen LogP contribution in [-0.4, -0.2) is 11.6 Å². The highest BCUT2D eigenvalue weighted by Gasteiger charge is 2.66. The second kappa shape index (κ2) is 6.65. The van der Waals surface area contributed by atoms with Gasteiger partial charge in [-0.3, -0.25) is 9.59 Å². The molecule has 2 fully saturated rings. The Morgan fingerprint density at radius 1 is 1.10 bits per heavy atom. The van der Waals surface area contributed by atoms with E-state index in [0.717, 1.165) is 32.1 Å². The lowest BCUT2D eigenvalue weighted by Gasteiger charge is -2.66. The highest BCUT2D eigenvalue weighted by Crippen LogP contribution is 2.71. The van der Waals surface area contributed by atoms with Crippen molar-refractivity contribution in [2.45, 2.75) is 86.5 Å². The summed E-state index contributed by atoms with van der Waals surface area (Å²) in [4.78, 5) is 26.7. The van der Waals surface area contributed by atoms with E-state index in [4.69, 9.17) is 0 Å². The van der Waals surface area contributed by atoms with Gasteiger partial charge in [-0.1, -0.05) is 66.0 Å². The molecule has 6 atom stereocenters. The third kappa shape index (κ3) is 2.49. The summed E-state index contributed by atoms with van der Waals surface area (Å²) < 4.78 is 0. The van der Waals surface area contributed by atoms with Crippen LogP contribution < -0.4 is 0 Å². The first-order valence-corrected chi connectivity index (χ1v) is 11.9. The Labute approximate surface area is 182 Å². The number of nitrogens with zero attached hydrogens (tertiary/aromatic N) is 1. The summed E-state index contributed by atoms with van der Waals surface area (Å²) in [5.41, 5.74) is 0.339. The summed E-state index contributed by atoms with van der Waals surface area (Å²) in [5, 5.41) is 9.72. The van der Waals surface area contributed by atoms with Crippen LogP contribution in [-0.2, 0) is 9.59 Å². The second-order valence-electron chi connectivity index (χ2n) is 11.7. The van der Waals surface area contributed by atoms with E-state index in [9.17, 15) is 14.9 Å². The number of nitriles is 1. The first-order valence-electron chi connectivity index (χ1n) is 11.9. The van der Waals surface area contributed by atoms with E-state index in [1.165, 1.54) is 18.4 Å². The highest BCUT2D eigenvalue weighted by atomic mass is 16.1. The summed E-state index contributed by atoms with van der Waals surface area (Å²) in [6.45, 7) is 13.2. The molecule has 2 saturated carbocycles. The van der Waals surface area contributed by atoms with E-state index < -0.39 is 10.8 Å². The van der Waals surface area contributed by atoms with Crippen LogP contribution >= 0.6 is 0 Å². The van der Waals surface area contributed by atoms with Crippen molar-refractivity contribution in [1.29, 1.82) is 5.26 Å². The van der Waals surface area contributed by atoms with Gasteiger partial charge < -0.3 is 0 Å². The topological polar surface area (TPSA) is 57.9 Å². The molecular weight excluding hydrogens is 370 g/mol. The summed E-state index contributed by atoms with van der Waals surface area (Å²) in [6, 6.07) is 2.18. The van der Waals surface area contributed by atoms with Crippen LogP contribution in [0.3, 0.4) is 0 Å². The van der Waals surface area contributed by atoms with Crippen LogP contribution in [0.1, 0.15) is 86.5 Å². The minimum absolute atomic E-state index is 0.0384. The number of allylic oxidation sites excluding steroid dienone is 4. The van der Waals surface area contributed by atoms with Crippen molar-refractivity contribution in [3.8, 4) is 6.07 Å². The molecule has 0 spiro atoms. The molecule has 0 bridgehead atoms. The molecular formula is C27H37NO2. The van der Waals surface area contributed by atoms with Crippen LogP contribution in [0.15, 0.2) is 23.3 Å². The fourth-order valence-electron chi connectivity index (χ4n) is 8.45. The lowest BCUT2D eigenvalue weighted by Crippen LogP contribution is -2.61. The number of hydrogen-bond acceptors (Lipinski definition) is 3. The molecule has 0 aromatic carbocycles. The van der Waals surface area contributed by atoms with Crippen LogP contribution in [0.5, 0.6) is 0 Å². The number of hydrogen-bond donors (Lipinski definition) is 0. The molecule has 162 valence electrons. The SMILES string of the molecule is CCC[C@@H]1CCC[C@]2(C)[C@@H]1C(=O)C=C1[C@@]3(C)C=C(C#N)C(=O)C(C)(C)[C@@H]3CC[C@]12C. The maximum Gasteiger partial charge on any atom is 0.178 e. The molecule has 30 heavy (non-hydrogen) atoms. The van der Waals surface area contributed by atoms with Gasteiger partial charge in [-0.25, -0.2) is 0 Å². The van der Waals surface area contributed by atoms with Gasteiger partial charge in [0, 0.05) is 16.7 Å². The molecule has 0 unspecified atom stereocenters. The van der Waals surface area contributed by atoms with Gasteiger partial charge in [-0.2, -0.15) is 5.26 Å². The lowest BCUT2D eigenvalue weighted by atomic mass is 9.37. The van der Waals surface area contributed by atoms with Gasteiger partial charge in [0.05, 0.1) is 5.57 Å². The third-order valence-corrected chi connectivity index (χ3v) is 10.0. The van der Waals surface area contributed by atoms with Gasteiger partial charge >= 0.3 is 0 Å². The Morgan fingerprint density at radius 2 is 1.80 bits per heavy atom. The van der Waals surface area contributed by atoms with E-state index >= 15 is 0 Å². The Kier molecular flexibility index (Phi) is 4.78. The molecule has 0 aromatic heterocycles. The van der Waals surface area contributed by atoms with Crippen molar-refractivity contribution in [2.75, 3.05) is 0 Å². The zero-order chi connectivity index (χ0) is 22.1. The lowest BCUT2D eigenvalue weighted by molar-refractivity contribution is -0.145. The minimum atomic E-state index is -0.588. The average molecular weight is 408 g/mol. The van der Waals surface area contributed by atoms with Crippen molar-refractivity contribution >= 4 is 11.6 Å². The van der Waals surface area contributed by atoms with Crippen LogP contribution in [0.25, 0.3) is 0 Å². The van der Waals surface area contributed by atoms with Gasteiger partial charge in [-0.15, -0.1) is 0 Å². The van der Waals surface area contributed by atoms with Crippen molar-refractivity contribution in [1.82, 2.24) is 0 Å². The van der Waals surface area contributed by atoms with Gasteiger partial charge in [0.2, 0.25) is 0 Å². The van der Waals surface area contributed by atoms with Crippen molar-refractivity contribution in [3.05, 3.63) is 23.3 Å². The molecule has 0 aliphatic heterocycles. The van der Waals surface area contributed by atoms with E-state index in [-0.39, 0.29) is 34.0 Å². The number of ketones is 2. The smallest absolute Gasteiger partial charge is 0.178 e. The normalized spacial score (nSPS) is 44.8. The van der Waals surface area contributed by atoms with E-state index in [0.29, 0.717) is 11.7 Å². The quantitative estimate of drug-likeness (QED) is 0.547. The number of Topliss-reactive ketones (excluding diaryl/α,β-unsaturated/α-hetero) is 1. The number of carbonyl (C=O) groups is 2. The fourth-order valence-corrected chi connectivity index (χ4v) is 8.45. The Bertz CT molecular complexity index is 900. The fraction of sp³-hybridized carbons (Fsp3) is 0.741. The Morgan fingerprint density at radius 3 is 2.43 bits per heavy atom. The number of carbonyl (C=O) groups excluding carboxylic acids is 2. The Balaban J connectivity index is 1.92. The maximum absolute atomic E-state index is 13.7. The van der Waals surface area contributed by atoms with Gasteiger partial charge in [0.25, 0.3) is 0 Å². The second-order valence-corrected chi connectivity index (χ2v) is 11.7. The number of rotatable bonds is 2.